The maximum absolute atomic E-state index is 13.5. The van der Waals surface area contributed by atoms with Crippen LogP contribution in [0.15, 0.2) is 60.7 Å². The maximum Gasteiger partial charge on any atom is 0.286 e. The number of amides is 2. The summed E-state index contributed by atoms with van der Waals surface area (Å²) in [4.78, 5) is 34.8. The number of nitrogens with two attached hydrogens (primary N) is 1. The quantitative estimate of drug-likeness (QED) is 0.760. The van der Waals surface area contributed by atoms with E-state index in [9.17, 15) is 9.59 Å². The van der Waals surface area contributed by atoms with Crippen molar-refractivity contribution in [3.8, 4) is 0 Å². The molecule has 2 N–H and O–H groups in total. The molecule has 0 saturated carbocycles. The molecule has 2 aromatic carbocycles. The molecule has 139 valence electrons. The van der Waals surface area contributed by atoms with Crippen LogP contribution >= 0.6 is 0 Å². The predicted molar refractivity (Wildman–Crippen MR) is 103 cm³/mol. The van der Waals surface area contributed by atoms with Crippen LogP contribution in [0.1, 0.15) is 38.9 Å². The average Bonchev–Trinajstić information content (AvgIpc) is 2.74. The van der Waals surface area contributed by atoms with Gasteiger partial charge in [0.25, 0.3) is 5.91 Å². The van der Waals surface area contributed by atoms with E-state index in [-0.39, 0.29) is 11.7 Å². The highest BCUT2D eigenvalue weighted by Crippen LogP contribution is 2.29. The number of benzene rings is 2. The number of hydrogen-bond acceptors (Lipinski definition) is 4. The van der Waals surface area contributed by atoms with Gasteiger partial charge >= 0.3 is 0 Å². The van der Waals surface area contributed by atoms with E-state index in [1.807, 2.05) is 60.7 Å². The monoisotopic (exact) mass is 371 g/mol. The number of primary amides is 1. The van der Waals surface area contributed by atoms with Gasteiger partial charge in [-0.15, -0.1) is 0 Å². The summed E-state index contributed by atoms with van der Waals surface area (Å²) in [7, 11) is 0. The summed E-state index contributed by atoms with van der Waals surface area (Å²) in [6.45, 7) is 0.863. The topological polar surface area (TPSA) is 89.2 Å². The maximum atomic E-state index is 13.5. The molecule has 6 heteroatoms. The molecule has 2 amide bonds. The summed E-state index contributed by atoms with van der Waals surface area (Å²) >= 11 is 0. The van der Waals surface area contributed by atoms with Gasteiger partial charge in [-0.05, 0) is 17.5 Å². The minimum absolute atomic E-state index is 0.00212. The van der Waals surface area contributed by atoms with E-state index in [4.69, 9.17) is 5.73 Å². The van der Waals surface area contributed by atoms with Crippen LogP contribution in [0.25, 0.3) is 0 Å². The number of hydrogen-bond donors (Lipinski definition) is 1. The van der Waals surface area contributed by atoms with Crippen molar-refractivity contribution in [3.63, 3.8) is 0 Å². The van der Waals surface area contributed by atoms with E-state index < -0.39 is 11.8 Å². The molecule has 0 unspecified atom stereocenters. The first-order valence-electron chi connectivity index (χ1n) is 9.09. The number of carbonyl (C=O) groups is 2. The molecule has 3 aromatic rings. The number of rotatable bonds is 4. The highest BCUT2D eigenvalue weighted by molar-refractivity contribution is 5.89. The molecule has 0 saturated heterocycles. The average molecular weight is 371 g/mol. The van der Waals surface area contributed by atoms with Crippen molar-refractivity contribution < 1.29 is 9.59 Å². The summed E-state index contributed by atoms with van der Waals surface area (Å²) in [5.74, 6) is -1.17. The Kier molecular flexibility index (Phi) is 4.85. The van der Waals surface area contributed by atoms with Crippen LogP contribution < -0.4 is 5.73 Å². The van der Waals surface area contributed by atoms with E-state index in [0.717, 1.165) is 16.7 Å². The van der Waals surface area contributed by atoms with Crippen LogP contribution in [0, 0.1) is 6.20 Å². The highest BCUT2D eigenvalue weighted by Gasteiger charge is 2.30. The third-order valence-corrected chi connectivity index (χ3v) is 4.90. The zero-order chi connectivity index (χ0) is 19.5. The minimum Gasteiger partial charge on any atom is -0.363 e. The molecule has 1 aliphatic heterocycles. The standard InChI is InChI=1S/C22H19N4O2/c23-20(27)21-24-13-17-11-12-26(14-18(17)25-21)22(28)19(15-7-3-1-4-8-15)16-9-5-2-6-10-16/h1-10,19H,11-12,14H2,(H2,23,27). The predicted octanol–water partition coefficient (Wildman–Crippen LogP) is 2.09. The van der Waals surface area contributed by atoms with Gasteiger partial charge in [-0.3, -0.25) is 9.59 Å². The first-order valence-corrected chi connectivity index (χ1v) is 9.09. The van der Waals surface area contributed by atoms with Crippen molar-refractivity contribution >= 4 is 11.8 Å². The molecule has 28 heavy (non-hydrogen) atoms. The van der Waals surface area contributed by atoms with Gasteiger partial charge in [0.15, 0.2) is 0 Å². The van der Waals surface area contributed by atoms with Crippen LogP contribution in [-0.2, 0) is 17.8 Å². The SMILES string of the molecule is NC(=O)c1n[c]c2c(n1)CN(C(=O)C(c1ccccc1)c1ccccc1)CC2. The number of fused-ring (bicyclic) bond motifs is 1. The Balaban J connectivity index is 1.66. The summed E-state index contributed by atoms with van der Waals surface area (Å²) < 4.78 is 0. The smallest absolute Gasteiger partial charge is 0.286 e. The van der Waals surface area contributed by atoms with Crippen molar-refractivity contribution in [2.45, 2.75) is 18.9 Å². The molecule has 1 aromatic heterocycles. The Morgan fingerprint density at radius 1 is 1.00 bits per heavy atom. The number of aromatic nitrogens is 2. The molecule has 0 atom stereocenters. The fourth-order valence-corrected chi connectivity index (χ4v) is 3.49. The lowest BCUT2D eigenvalue weighted by Gasteiger charge is -2.31. The molecule has 1 radical (unpaired) electrons. The van der Waals surface area contributed by atoms with E-state index in [0.29, 0.717) is 25.2 Å². The third-order valence-electron chi connectivity index (χ3n) is 4.90. The molecular formula is C22H19N4O2. The third kappa shape index (κ3) is 3.49. The van der Waals surface area contributed by atoms with E-state index in [1.165, 1.54) is 0 Å². The minimum atomic E-state index is -0.700. The van der Waals surface area contributed by atoms with Crippen molar-refractivity contribution in [1.82, 2.24) is 14.9 Å². The number of carbonyl (C=O) groups excluding carboxylic acids is 2. The fraction of sp³-hybridized carbons (Fsp3) is 0.182. The van der Waals surface area contributed by atoms with E-state index >= 15 is 0 Å². The van der Waals surface area contributed by atoms with Gasteiger partial charge in [-0.2, -0.15) is 0 Å². The normalized spacial score (nSPS) is 13.2. The Morgan fingerprint density at radius 3 is 2.18 bits per heavy atom. The Morgan fingerprint density at radius 2 is 1.61 bits per heavy atom. The zero-order valence-electron chi connectivity index (χ0n) is 15.2. The van der Waals surface area contributed by atoms with Crippen LogP contribution in [0.3, 0.4) is 0 Å². The molecule has 0 aliphatic carbocycles. The lowest BCUT2D eigenvalue weighted by Crippen LogP contribution is -2.40. The lowest BCUT2D eigenvalue weighted by molar-refractivity contribution is -0.132. The first-order chi connectivity index (χ1) is 13.6. The van der Waals surface area contributed by atoms with Crippen molar-refractivity contribution in [3.05, 3.63) is 95.1 Å². The first kappa shape index (κ1) is 17.9. The molecule has 0 spiro atoms. The van der Waals surface area contributed by atoms with E-state index in [2.05, 4.69) is 16.2 Å². The van der Waals surface area contributed by atoms with Crippen LogP contribution in [0.5, 0.6) is 0 Å². The molecular weight excluding hydrogens is 352 g/mol. The molecule has 6 nitrogen and oxygen atoms in total. The Bertz CT molecular complexity index is 966. The second-order valence-corrected chi connectivity index (χ2v) is 6.71. The molecule has 4 rings (SSSR count). The van der Waals surface area contributed by atoms with Crippen LogP contribution in [0.2, 0.25) is 0 Å². The lowest BCUT2D eigenvalue weighted by atomic mass is 9.89. The Labute approximate surface area is 163 Å². The fourth-order valence-electron chi connectivity index (χ4n) is 3.49. The Hall–Kier alpha value is -3.54. The summed E-state index contributed by atoms with van der Waals surface area (Å²) in [6, 6.07) is 19.5. The highest BCUT2D eigenvalue weighted by atomic mass is 16.2. The van der Waals surface area contributed by atoms with E-state index in [1.54, 1.807) is 4.90 Å². The van der Waals surface area contributed by atoms with Gasteiger partial charge in [0.05, 0.1) is 24.4 Å². The summed E-state index contributed by atoms with van der Waals surface area (Å²) in [5.41, 5.74) is 8.61. The van der Waals surface area contributed by atoms with Gasteiger partial charge in [-0.1, -0.05) is 60.7 Å². The van der Waals surface area contributed by atoms with Gasteiger partial charge in [0, 0.05) is 12.1 Å². The van der Waals surface area contributed by atoms with Gasteiger partial charge < -0.3 is 10.6 Å². The zero-order valence-corrected chi connectivity index (χ0v) is 15.2. The largest absolute Gasteiger partial charge is 0.363 e. The van der Waals surface area contributed by atoms with Crippen molar-refractivity contribution in [1.29, 1.82) is 0 Å². The molecule has 1 aliphatic rings. The molecule has 0 bridgehead atoms. The number of nitrogens with zero attached hydrogens (tertiary/aromatic N) is 3. The van der Waals surface area contributed by atoms with Gasteiger partial charge in [0.1, 0.15) is 0 Å². The van der Waals surface area contributed by atoms with Crippen molar-refractivity contribution in [2.24, 2.45) is 5.73 Å². The van der Waals surface area contributed by atoms with Crippen LogP contribution in [-0.4, -0.2) is 33.2 Å². The molecule has 2 heterocycles. The van der Waals surface area contributed by atoms with Gasteiger partial charge in [0.2, 0.25) is 11.7 Å². The second-order valence-electron chi connectivity index (χ2n) is 6.71. The summed E-state index contributed by atoms with van der Waals surface area (Å²) in [5, 5.41) is 0. The van der Waals surface area contributed by atoms with Crippen molar-refractivity contribution in [2.75, 3.05) is 6.54 Å². The molecule has 0 fully saturated rings. The van der Waals surface area contributed by atoms with Crippen LogP contribution in [0.4, 0.5) is 0 Å². The second kappa shape index (κ2) is 7.60. The van der Waals surface area contributed by atoms with Gasteiger partial charge in [-0.25, -0.2) is 9.97 Å². The summed E-state index contributed by atoms with van der Waals surface area (Å²) in [6.07, 6.45) is 3.43.